The summed E-state index contributed by atoms with van der Waals surface area (Å²) < 4.78 is 1.71. The lowest BCUT2D eigenvalue weighted by Gasteiger charge is -2.13. The first-order valence-corrected chi connectivity index (χ1v) is 6.35. The fourth-order valence-electron chi connectivity index (χ4n) is 1.66. The predicted octanol–water partition coefficient (Wildman–Crippen LogP) is 0.683. The van der Waals surface area contributed by atoms with Crippen molar-refractivity contribution in [3.05, 3.63) is 18.5 Å². The van der Waals surface area contributed by atoms with Gasteiger partial charge in [-0.1, -0.05) is 13.3 Å². The Kier molecular flexibility index (Phi) is 6.42. The molecule has 2 amide bonds. The van der Waals surface area contributed by atoms with Gasteiger partial charge in [0.15, 0.2) is 0 Å². The summed E-state index contributed by atoms with van der Waals surface area (Å²) in [6.45, 7) is 3.09. The lowest BCUT2D eigenvalue weighted by Crippen LogP contribution is -2.41. The second-order valence-electron chi connectivity index (χ2n) is 4.23. The van der Waals surface area contributed by atoms with Crippen molar-refractivity contribution in [2.75, 3.05) is 13.1 Å². The number of nitrogens with zero attached hydrogens (tertiary/aromatic N) is 2. The summed E-state index contributed by atoms with van der Waals surface area (Å²) in [6.07, 6.45) is 4.81. The highest BCUT2D eigenvalue weighted by Gasteiger charge is 2.16. The lowest BCUT2D eigenvalue weighted by molar-refractivity contribution is -0.141. The number of nitrogens with one attached hydrogen (secondary N) is 2. The molecule has 1 aromatic rings. The van der Waals surface area contributed by atoms with Gasteiger partial charge in [-0.25, -0.2) is 4.79 Å². The summed E-state index contributed by atoms with van der Waals surface area (Å²) in [6, 6.07) is 1.46. The van der Waals surface area contributed by atoms with Gasteiger partial charge in [-0.15, -0.1) is 0 Å². The molecule has 1 aromatic heterocycles. The Morgan fingerprint density at radius 1 is 1.42 bits per heavy atom. The Balaban J connectivity index is 2.17. The van der Waals surface area contributed by atoms with E-state index in [0.29, 0.717) is 19.5 Å². The molecule has 0 fully saturated rings. The Labute approximate surface area is 112 Å². The average Bonchev–Trinajstić information content (AvgIpc) is 2.87. The van der Waals surface area contributed by atoms with E-state index in [4.69, 9.17) is 5.11 Å². The monoisotopic (exact) mass is 268 g/mol. The first-order valence-electron chi connectivity index (χ1n) is 6.35. The summed E-state index contributed by atoms with van der Waals surface area (Å²) >= 11 is 0. The zero-order valence-corrected chi connectivity index (χ0v) is 11.0. The Hall–Kier alpha value is -2.05. The molecule has 0 bridgehead atoms. The number of hydrogen-bond acceptors (Lipinski definition) is 3. The number of carboxylic acid groups (broad SMARTS) is 1. The fourth-order valence-corrected chi connectivity index (χ4v) is 1.66. The number of amides is 2. The summed E-state index contributed by atoms with van der Waals surface area (Å²) in [5.41, 5.74) is 0. The number of hydrogen-bond donors (Lipinski definition) is 3. The van der Waals surface area contributed by atoms with E-state index >= 15 is 0 Å². The number of carbonyl (C=O) groups excluding carboxylic acids is 1. The maximum atomic E-state index is 11.5. The van der Waals surface area contributed by atoms with Crippen LogP contribution in [0.3, 0.4) is 0 Å². The largest absolute Gasteiger partial charge is 0.481 e. The van der Waals surface area contributed by atoms with Gasteiger partial charge in [-0.2, -0.15) is 5.10 Å². The zero-order valence-electron chi connectivity index (χ0n) is 11.0. The average molecular weight is 268 g/mol. The van der Waals surface area contributed by atoms with Gasteiger partial charge in [0.2, 0.25) is 0 Å². The molecule has 1 atom stereocenters. The fraction of sp³-hybridized carbons (Fsp3) is 0.583. The third-order valence-corrected chi connectivity index (χ3v) is 2.68. The van der Waals surface area contributed by atoms with E-state index in [-0.39, 0.29) is 12.6 Å². The van der Waals surface area contributed by atoms with Crippen molar-refractivity contribution in [3.8, 4) is 0 Å². The van der Waals surface area contributed by atoms with Gasteiger partial charge in [0.05, 0.1) is 12.5 Å². The van der Waals surface area contributed by atoms with Crippen LogP contribution in [0.4, 0.5) is 4.79 Å². The van der Waals surface area contributed by atoms with Crippen molar-refractivity contribution in [1.29, 1.82) is 0 Å². The van der Waals surface area contributed by atoms with Gasteiger partial charge in [0.1, 0.15) is 0 Å². The molecule has 1 unspecified atom stereocenters. The quantitative estimate of drug-likeness (QED) is 0.646. The van der Waals surface area contributed by atoms with E-state index in [1.165, 1.54) is 0 Å². The van der Waals surface area contributed by atoms with Crippen molar-refractivity contribution in [2.45, 2.75) is 26.3 Å². The van der Waals surface area contributed by atoms with Gasteiger partial charge < -0.3 is 15.7 Å². The topological polar surface area (TPSA) is 96.3 Å². The molecule has 0 radical (unpaired) electrons. The van der Waals surface area contributed by atoms with Crippen LogP contribution in [-0.2, 0) is 11.3 Å². The molecule has 0 aliphatic heterocycles. The van der Waals surface area contributed by atoms with Crippen LogP contribution < -0.4 is 10.6 Å². The summed E-state index contributed by atoms with van der Waals surface area (Å²) in [4.78, 5) is 22.3. The van der Waals surface area contributed by atoms with Crippen LogP contribution in [0.25, 0.3) is 0 Å². The number of aromatic nitrogens is 2. The highest BCUT2D eigenvalue weighted by Crippen LogP contribution is 2.04. The van der Waals surface area contributed by atoms with E-state index < -0.39 is 11.9 Å². The van der Waals surface area contributed by atoms with Crippen LogP contribution in [0, 0.1) is 5.92 Å². The molecule has 7 nitrogen and oxygen atoms in total. The normalized spacial score (nSPS) is 11.8. The molecule has 0 aromatic carbocycles. The van der Waals surface area contributed by atoms with Crippen molar-refractivity contribution < 1.29 is 14.7 Å². The van der Waals surface area contributed by atoms with Crippen LogP contribution in [0.1, 0.15) is 19.8 Å². The first-order chi connectivity index (χ1) is 9.13. The van der Waals surface area contributed by atoms with Crippen molar-refractivity contribution in [2.24, 2.45) is 5.92 Å². The first kappa shape index (κ1) is 15.0. The molecule has 7 heteroatoms. The van der Waals surface area contributed by atoms with Crippen molar-refractivity contribution >= 4 is 12.0 Å². The molecule has 106 valence electrons. The van der Waals surface area contributed by atoms with Crippen LogP contribution in [-0.4, -0.2) is 40.0 Å². The highest BCUT2D eigenvalue weighted by atomic mass is 16.4. The second kappa shape index (κ2) is 8.12. The minimum atomic E-state index is -0.876. The third kappa shape index (κ3) is 5.89. The predicted molar refractivity (Wildman–Crippen MR) is 69.7 cm³/mol. The van der Waals surface area contributed by atoms with Crippen LogP contribution in [0.15, 0.2) is 18.5 Å². The molecule has 19 heavy (non-hydrogen) atoms. The molecule has 0 saturated carbocycles. The molecule has 1 rings (SSSR count). The summed E-state index contributed by atoms with van der Waals surface area (Å²) in [5, 5.41) is 18.2. The van der Waals surface area contributed by atoms with Gasteiger partial charge in [-0.05, 0) is 12.5 Å². The third-order valence-electron chi connectivity index (χ3n) is 2.68. The molecule has 0 aliphatic carbocycles. The maximum absolute atomic E-state index is 11.5. The molecule has 0 spiro atoms. The van der Waals surface area contributed by atoms with Gasteiger partial charge in [0.25, 0.3) is 0 Å². The van der Waals surface area contributed by atoms with Crippen molar-refractivity contribution in [1.82, 2.24) is 20.4 Å². The number of carbonyl (C=O) groups is 2. The lowest BCUT2D eigenvalue weighted by atomic mass is 10.0. The minimum absolute atomic E-state index is 0.150. The standard InChI is InChI=1S/C12H20N4O3/c1-2-4-10(11(17)18)9-14-12(19)13-6-8-16-7-3-5-15-16/h3,5,7,10H,2,4,6,8-9H2,1H3,(H,17,18)(H2,13,14,19). The van der Waals surface area contributed by atoms with Crippen LogP contribution >= 0.6 is 0 Å². The van der Waals surface area contributed by atoms with E-state index in [9.17, 15) is 9.59 Å². The van der Waals surface area contributed by atoms with Gasteiger partial charge >= 0.3 is 12.0 Å². The molecular weight excluding hydrogens is 248 g/mol. The van der Waals surface area contributed by atoms with E-state index in [1.807, 2.05) is 13.0 Å². The molecule has 3 N–H and O–H groups in total. The Morgan fingerprint density at radius 2 is 2.21 bits per heavy atom. The van der Waals surface area contributed by atoms with Gasteiger partial charge in [-0.3, -0.25) is 9.48 Å². The van der Waals surface area contributed by atoms with Crippen molar-refractivity contribution in [3.63, 3.8) is 0 Å². The van der Waals surface area contributed by atoms with Crippen LogP contribution in [0.5, 0.6) is 0 Å². The maximum Gasteiger partial charge on any atom is 0.314 e. The number of urea groups is 1. The second-order valence-corrected chi connectivity index (χ2v) is 4.23. The van der Waals surface area contributed by atoms with Crippen LogP contribution in [0.2, 0.25) is 0 Å². The Morgan fingerprint density at radius 3 is 2.79 bits per heavy atom. The smallest absolute Gasteiger partial charge is 0.314 e. The summed E-state index contributed by atoms with van der Waals surface area (Å²) in [7, 11) is 0. The zero-order chi connectivity index (χ0) is 14.1. The van der Waals surface area contributed by atoms with E-state index in [2.05, 4.69) is 15.7 Å². The molecule has 0 saturated heterocycles. The molecule has 0 aliphatic rings. The number of carboxylic acids is 1. The Bertz CT molecular complexity index is 392. The highest BCUT2D eigenvalue weighted by molar-refractivity contribution is 5.75. The van der Waals surface area contributed by atoms with E-state index in [1.54, 1.807) is 17.1 Å². The number of aliphatic carboxylic acids is 1. The molecular formula is C12H20N4O3. The summed E-state index contributed by atoms with van der Waals surface area (Å²) in [5.74, 6) is -1.40. The minimum Gasteiger partial charge on any atom is -0.481 e. The molecule has 1 heterocycles. The number of rotatable bonds is 8. The SMILES string of the molecule is CCCC(CNC(=O)NCCn1cccn1)C(=O)O. The van der Waals surface area contributed by atoms with E-state index in [0.717, 1.165) is 6.42 Å². The van der Waals surface area contributed by atoms with Gasteiger partial charge in [0, 0.05) is 25.5 Å².